The Bertz CT molecular complexity index is 1080. The third-order valence-corrected chi connectivity index (χ3v) is 5.08. The van der Waals surface area contributed by atoms with Gasteiger partial charge in [0.25, 0.3) is 11.4 Å². The summed E-state index contributed by atoms with van der Waals surface area (Å²) in [5, 5.41) is 32.0. The predicted octanol–water partition coefficient (Wildman–Crippen LogP) is 3.98. The highest BCUT2D eigenvalue weighted by atomic mass is 35.5. The van der Waals surface area contributed by atoms with Gasteiger partial charge in [-0.3, -0.25) is 20.2 Å². The zero-order valence-corrected chi connectivity index (χ0v) is 20.4. The molecule has 0 radical (unpaired) electrons. The summed E-state index contributed by atoms with van der Waals surface area (Å²) >= 11 is 12.0. The number of carbonyl (C=O) groups is 2. The van der Waals surface area contributed by atoms with Gasteiger partial charge in [0.05, 0.1) is 34.2 Å². The summed E-state index contributed by atoms with van der Waals surface area (Å²) < 4.78 is 20.3. The number of rotatable bonds is 12. The van der Waals surface area contributed by atoms with Gasteiger partial charge < -0.3 is 24.1 Å². The van der Waals surface area contributed by atoms with Crippen molar-refractivity contribution in [1.29, 1.82) is 0 Å². The molecule has 0 aromatic heterocycles. The van der Waals surface area contributed by atoms with Crippen LogP contribution in [0.1, 0.15) is 34.6 Å². The van der Waals surface area contributed by atoms with Crippen molar-refractivity contribution in [3.8, 4) is 11.5 Å². The zero-order valence-electron chi connectivity index (χ0n) is 18.9. The fraction of sp³-hybridized carbons (Fsp3) is 0.333. The van der Waals surface area contributed by atoms with E-state index >= 15 is 0 Å². The molecular weight excluding hydrogens is 527 g/mol. The van der Waals surface area contributed by atoms with E-state index in [9.17, 15) is 34.9 Å². The molecular formula is C21H20Cl2N2O11. The molecule has 2 aromatic rings. The summed E-state index contributed by atoms with van der Waals surface area (Å²) in [5.74, 6) is -2.23. The minimum absolute atomic E-state index is 0.0274. The summed E-state index contributed by atoms with van der Waals surface area (Å²) in [6, 6.07) is 4.09. The van der Waals surface area contributed by atoms with Gasteiger partial charge in [0, 0.05) is 12.1 Å². The van der Waals surface area contributed by atoms with E-state index in [0.717, 1.165) is 24.3 Å². The number of nitrogens with zero attached hydrogens (tertiary/aromatic N) is 2. The molecule has 36 heavy (non-hydrogen) atoms. The van der Waals surface area contributed by atoms with Gasteiger partial charge in [-0.2, -0.15) is 0 Å². The van der Waals surface area contributed by atoms with Crippen LogP contribution in [0, 0.1) is 20.2 Å². The molecule has 2 aromatic carbocycles. The van der Waals surface area contributed by atoms with Crippen molar-refractivity contribution in [2.75, 3.05) is 26.4 Å². The second-order valence-corrected chi connectivity index (χ2v) is 7.60. The molecule has 0 spiro atoms. The summed E-state index contributed by atoms with van der Waals surface area (Å²) in [7, 11) is 0. The van der Waals surface area contributed by atoms with E-state index < -0.39 is 62.5 Å². The maximum Gasteiger partial charge on any atom is 0.338 e. The average molecular weight is 547 g/mol. The number of nitro benzene ring substituents is 2. The number of benzene rings is 2. The van der Waals surface area contributed by atoms with Crippen LogP contribution in [0.2, 0.25) is 10.0 Å². The lowest BCUT2D eigenvalue weighted by molar-refractivity contribution is -0.384. The number of aliphatic hydroxyl groups excluding tert-OH is 1. The summed E-state index contributed by atoms with van der Waals surface area (Å²) in [6.45, 7) is 2.14. The molecule has 0 aliphatic heterocycles. The molecule has 0 amide bonds. The summed E-state index contributed by atoms with van der Waals surface area (Å²) in [4.78, 5) is 44.9. The monoisotopic (exact) mass is 546 g/mol. The minimum Gasteiger partial charge on any atom is -0.489 e. The second kappa shape index (κ2) is 12.9. The van der Waals surface area contributed by atoms with Crippen LogP contribution in [0.5, 0.6) is 11.5 Å². The normalized spacial score (nSPS) is 10.6. The number of carbonyl (C=O) groups excluding carboxylic acids is 2. The first-order valence-corrected chi connectivity index (χ1v) is 11.0. The lowest BCUT2D eigenvalue weighted by atomic mass is 10.2. The molecule has 0 unspecified atom stereocenters. The fourth-order valence-corrected chi connectivity index (χ4v) is 3.19. The first-order valence-electron chi connectivity index (χ1n) is 10.2. The molecule has 13 nitrogen and oxygen atoms in total. The topological polar surface area (TPSA) is 178 Å². The summed E-state index contributed by atoms with van der Waals surface area (Å²) in [6.07, 6.45) is -1.40. The number of aliphatic hydroxyl groups is 1. The minimum atomic E-state index is -1.40. The van der Waals surface area contributed by atoms with E-state index in [1.54, 1.807) is 13.8 Å². The maximum absolute atomic E-state index is 12.0. The number of halogens is 2. The van der Waals surface area contributed by atoms with E-state index in [0.29, 0.717) is 0 Å². The van der Waals surface area contributed by atoms with Crippen LogP contribution in [0.3, 0.4) is 0 Å². The van der Waals surface area contributed by atoms with Crippen molar-refractivity contribution < 1.29 is 43.5 Å². The number of hydrogen-bond acceptors (Lipinski definition) is 11. The van der Waals surface area contributed by atoms with Gasteiger partial charge >= 0.3 is 11.9 Å². The van der Waals surface area contributed by atoms with Gasteiger partial charge in [-0.05, 0) is 26.0 Å². The highest BCUT2D eigenvalue weighted by Gasteiger charge is 2.25. The van der Waals surface area contributed by atoms with Crippen molar-refractivity contribution in [2.24, 2.45) is 0 Å². The molecule has 0 saturated heterocycles. The Balaban J connectivity index is 2.19. The van der Waals surface area contributed by atoms with E-state index in [1.165, 1.54) is 0 Å². The quantitative estimate of drug-likeness (QED) is 0.231. The lowest BCUT2D eigenvalue weighted by Crippen LogP contribution is -2.25. The highest BCUT2D eigenvalue weighted by molar-refractivity contribution is 6.34. The molecule has 0 heterocycles. The standard InChI is InChI=1S/C21H20Cl2N2O11/c1-3-33-20(27)11-5-14(24(29)30)18(22)16(7-11)35-9-13(26)10-36-17-8-12(21(28)34-4-2)6-15(19(17)23)25(31)32/h5-8,13,26H,3-4,9-10H2,1-2H3. The van der Waals surface area contributed by atoms with Crippen molar-refractivity contribution in [3.63, 3.8) is 0 Å². The SMILES string of the molecule is CCOC(=O)c1cc(OCC(O)COc2cc(C(=O)OCC)cc([N+](=O)[O-])c2Cl)c(Cl)c([N+](=O)[O-])c1. The molecule has 0 atom stereocenters. The second-order valence-electron chi connectivity index (χ2n) is 6.85. The Morgan fingerprint density at radius 1 is 0.833 bits per heavy atom. The van der Waals surface area contributed by atoms with Crippen LogP contribution < -0.4 is 9.47 Å². The molecule has 15 heteroatoms. The Labute approximate surface area is 213 Å². The number of esters is 2. The first kappa shape index (κ1) is 28.6. The first-order chi connectivity index (χ1) is 17.0. The Morgan fingerprint density at radius 2 is 1.19 bits per heavy atom. The van der Waals surface area contributed by atoms with Crippen LogP contribution in [0.15, 0.2) is 24.3 Å². The smallest absolute Gasteiger partial charge is 0.338 e. The molecule has 0 bridgehead atoms. The lowest BCUT2D eigenvalue weighted by Gasteiger charge is -2.16. The fourth-order valence-electron chi connectivity index (χ4n) is 2.73. The Kier molecular flexibility index (Phi) is 10.2. The highest BCUT2D eigenvalue weighted by Crippen LogP contribution is 2.37. The molecule has 0 aliphatic carbocycles. The maximum atomic E-state index is 12.0. The number of ether oxygens (including phenoxy) is 4. The average Bonchev–Trinajstić information content (AvgIpc) is 2.82. The van der Waals surface area contributed by atoms with E-state index in [4.69, 9.17) is 42.1 Å². The van der Waals surface area contributed by atoms with Gasteiger partial charge in [-0.1, -0.05) is 23.2 Å². The third-order valence-electron chi connectivity index (χ3n) is 4.32. The van der Waals surface area contributed by atoms with Crippen molar-refractivity contribution in [1.82, 2.24) is 0 Å². The third kappa shape index (κ3) is 7.16. The number of nitro groups is 2. The van der Waals surface area contributed by atoms with Gasteiger partial charge in [-0.25, -0.2) is 9.59 Å². The Morgan fingerprint density at radius 3 is 1.50 bits per heavy atom. The molecule has 0 fully saturated rings. The van der Waals surface area contributed by atoms with Crippen molar-refractivity contribution in [3.05, 3.63) is 65.7 Å². The molecule has 2 rings (SSSR count). The molecule has 1 N–H and O–H groups in total. The number of hydrogen-bond donors (Lipinski definition) is 1. The van der Waals surface area contributed by atoms with E-state index in [1.807, 2.05) is 0 Å². The van der Waals surface area contributed by atoms with Gasteiger partial charge in [0.1, 0.15) is 30.8 Å². The van der Waals surface area contributed by atoms with E-state index in [-0.39, 0.29) is 35.8 Å². The molecule has 0 aliphatic rings. The molecule has 0 saturated carbocycles. The van der Waals surface area contributed by atoms with Gasteiger partial charge in [-0.15, -0.1) is 0 Å². The van der Waals surface area contributed by atoms with Crippen molar-refractivity contribution >= 4 is 46.5 Å². The van der Waals surface area contributed by atoms with Crippen LogP contribution in [0.25, 0.3) is 0 Å². The van der Waals surface area contributed by atoms with Crippen LogP contribution in [0.4, 0.5) is 11.4 Å². The van der Waals surface area contributed by atoms with Crippen LogP contribution >= 0.6 is 23.2 Å². The molecule has 194 valence electrons. The van der Waals surface area contributed by atoms with Crippen molar-refractivity contribution in [2.45, 2.75) is 20.0 Å². The van der Waals surface area contributed by atoms with Gasteiger partial charge in [0.15, 0.2) is 10.0 Å². The largest absolute Gasteiger partial charge is 0.489 e. The van der Waals surface area contributed by atoms with E-state index in [2.05, 4.69) is 0 Å². The Hall–Kier alpha value is -3.68. The predicted molar refractivity (Wildman–Crippen MR) is 125 cm³/mol. The van der Waals surface area contributed by atoms with Gasteiger partial charge in [0.2, 0.25) is 0 Å². The van der Waals surface area contributed by atoms with Crippen LogP contribution in [-0.2, 0) is 9.47 Å². The summed E-state index contributed by atoms with van der Waals surface area (Å²) in [5.41, 5.74) is -1.61. The van der Waals surface area contributed by atoms with Crippen LogP contribution in [-0.4, -0.2) is 59.4 Å². The zero-order chi connectivity index (χ0) is 27.0.